The van der Waals surface area contributed by atoms with E-state index < -0.39 is 0 Å². The van der Waals surface area contributed by atoms with E-state index in [9.17, 15) is 0 Å². The summed E-state index contributed by atoms with van der Waals surface area (Å²) in [6, 6.07) is 0.0255. The zero-order valence-electron chi connectivity index (χ0n) is 5.88. The Balaban J connectivity index is 2.34. The molecule has 0 spiro atoms. The van der Waals surface area contributed by atoms with Crippen molar-refractivity contribution in [2.24, 2.45) is 0 Å². The van der Waals surface area contributed by atoms with Crippen molar-refractivity contribution in [1.82, 2.24) is 11.0 Å². The molecule has 0 amide bonds. The van der Waals surface area contributed by atoms with E-state index in [1.807, 2.05) is 0 Å². The van der Waals surface area contributed by atoms with Crippen LogP contribution < -0.4 is 11.0 Å². The average molecular weight is 146 g/mol. The highest BCUT2D eigenvalue weighted by atomic mass is 16.5. The molecule has 0 aliphatic heterocycles. The van der Waals surface area contributed by atoms with E-state index in [-0.39, 0.29) is 12.1 Å². The van der Waals surface area contributed by atoms with Crippen LogP contribution in [0.3, 0.4) is 0 Å². The van der Waals surface area contributed by atoms with Gasteiger partial charge in [-0.15, -0.1) is 0 Å². The van der Waals surface area contributed by atoms with Crippen LogP contribution in [-0.4, -0.2) is 22.5 Å². The highest BCUT2D eigenvalue weighted by Crippen LogP contribution is 2.17. The number of nitrogens with one attached hydrogen (secondary N) is 2. The SMILES string of the molecule is ON[C@H]1CCCC[C@H]1NO. The summed E-state index contributed by atoms with van der Waals surface area (Å²) in [5, 5.41) is 17.2. The first-order valence-corrected chi connectivity index (χ1v) is 3.67. The van der Waals surface area contributed by atoms with E-state index in [2.05, 4.69) is 11.0 Å². The molecule has 0 aromatic rings. The second kappa shape index (κ2) is 3.88. The van der Waals surface area contributed by atoms with Crippen molar-refractivity contribution < 1.29 is 10.4 Å². The minimum atomic E-state index is 0.0127. The largest absolute Gasteiger partial charge is 0.316 e. The van der Waals surface area contributed by atoms with Gasteiger partial charge in [-0.05, 0) is 12.8 Å². The normalized spacial score (nSPS) is 34.2. The van der Waals surface area contributed by atoms with Gasteiger partial charge >= 0.3 is 0 Å². The Morgan fingerprint density at radius 2 is 1.30 bits per heavy atom. The lowest BCUT2D eigenvalue weighted by Crippen LogP contribution is -2.47. The van der Waals surface area contributed by atoms with Crippen LogP contribution in [0.5, 0.6) is 0 Å². The Hall–Kier alpha value is -0.160. The summed E-state index contributed by atoms with van der Waals surface area (Å²) >= 11 is 0. The monoisotopic (exact) mass is 146 g/mol. The van der Waals surface area contributed by atoms with Crippen LogP contribution in [-0.2, 0) is 0 Å². The molecular formula is C6H14N2O2. The molecule has 0 saturated heterocycles. The van der Waals surface area contributed by atoms with E-state index in [4.69, 9.17) is 10.4 Å². The lowest BCUT2D eigenvalue weighted by Gasteiger charge is -2.28. The van der Waals surface area contributed by atoms with Crippen LogP contribution in [0.1, 0.15) is 25.7 Å². The summed E-state index contributed by atoms with van der Waals surface area (Å²) in [4.78, 5) is 0. The topological polar surface area (TPSA) is 64.5 Å². The Bertz CT molecular complexity index is 87.7. The molecule has 60 valence electrons. The van der Waals surface area contributed by atoms with Crippen molar-refractivity contribution in [2.45, 2.75) is 37.8 Å². The first-order chi connectivity index (χ1) is 4.88. The minimum Gasteiger partial charge on any atom is -0.316 e. The zero-order valence-corrected chi connectivity index (χ0v) is 5.88. The fourth-order valence-corrected chi connectivity index (χ4v) is 1.44. The molecule has 1 fully saturated rings. The van der Waals surface area contributed by atoms with Crippen molar-refractivity contribution in [3.8, 4) is 0 Å². The van der Waals surface area contributed by atoms with Crippen LogP contribution in [0, 0.1) is 0 Å². The van der Waals surface area contributed by atoms with Gasteiger partial charge in [0, 0.05) is 12.1 Å². The van der Waals surface area contributed by atoms with Crippen LogP contribution in [0.15, 0.2) is 0 Å². The Labute approximate surface area is 60.2 Å². The van der Waals surface area contributed by atoms with Gasteiger partial charge in [-0.2, -0.15) is 0 Å². The number of hydrogen-bond donors (Lipinski definition) is 4. The second-order valence-electron chi connectivity index (χ2n) is 2.76. The van der Waals surface area contributed by atoms with Crippen LogP contribution in [0.25, 0.3) is 0 Å². The van der Waals surface area contributed by atoms with Crippen LogP contribution in [0.4, 0.5) is 0 Å². The highest BCUT2D eigenvalue weighted by Gasteiger charge is 2.23. The summed E-state index contributed by atoms with van der Waals surface area (Å²) < 4.78 is 0. The van der Waals surface area contributed by atoms with Crippen LogP contribution >= 0.6 is 0 Å². The molecule has 0 heterocycles. The first-order valence-electron chi connectivity index (χ1n) is 3.67. The van der Waals surface area contributed by atoms with Crippen molar-refractivity contribution in [3.05, 3.63) is 0 Å². The van der Waals surface area contributed by atoms with Crippen LogP contribution in [0.2, 0.25) is 0 Å². The maximum absolute atomic E-state index is 8.59. The van der Waals surface area contributed by atoms with Crippen molar-refractivity contribution in [3.63, 3.8) is 0 Å². The summed E-state index contributed by atoms with van der Waals surface area (Å²) in [6.07, 6.45) is 4.09. The van der Waals surface area contributed by atoms with Crippen molar-refractivity contribution in [2.75, 3.05) is 0 Å². The van der Waals surface area contributed by atoms with Gasteiger partial charge in [0.15, 0.2) is 0 Å². The van der Waals surface area contributed by atoms with Gasteiger partial charge in [-0.1, -0.05) is 12.8 Å². The van der Waals surface area contributed by atoms with E-state index in [1.165, 1.54) is 0 Å². The van der Waals surface area contributed by atoms with Crippen molar-refractivity contribution in [1.29, 1.82) is 0 Å². The maximum Gasteiger partial charge on any atom is 0.0495 e. The molecule has 1 aliphatic rings. The third-order valence-corrected chi connectivity index (χ3v) is 2.10. The van der Waals surface area contributed by atoms with E-state index >= 15 is 0 Å². The molecular weight excluding hydrogens is 132 g/mol. The highest BCUT2D eigenvalue weighted by molar-refractivity contribution is 4.81. The first kappa shape index (κ1) is 7.94. The molecule has 4 nitrogen and oxygen atoms in total. The lowest BCUT2D eigenvalue weighted by atomic mass is 9.91. The number of hydrogen-bond acceptors (Lipinski definition) is 4. The van der Waals surface area contributed by atoms with Gasteiger partial charge in [0.1, 0.15) is 0 Å². The second-order valence-corrected chi connectivity index (χ2v) is 2.76. The van der Waals surface area contributed by atoms with Gasteiger partial charge in [0.25, 0.3) is 0 Å². The Morgan fingerprint density at radius 1 is 0.900 bits per heavy atom. The smallest absolute Gasteiger partial charge is 0.0495 e. The van der Waals surface area contributed by atoms with E-state index in [0.29, 0.717) is 0 Å². The molecule has 4 N–H and O–H groups in total. The zero-order chi connectivity index (χ0) is 7.40. The molecule has 0 radical (unpaired) electrons. The minimum absolute atomic E-state index is 0.0127. The molecule has 2 atom stereocenters. The number of rotatable bonds is 2. The van der Waals surface area contributed by atoms with E-state index in [1.54, 1.807) is 0 Å². The summed E-state index contributed by atoms with van der Waals surface area (Å²) in [7, 11) is 0. The summed E-state index contributed by atoms with van der Waals surface area (Å²) in [6.45, 7) is 0. The van der Waals surface area contributed by atoms with Gasteiger partial charge in [-0.25, -0.2) is 11.0 Å². The van der Waals surface area contributed by atoms with E-state index in [0.717, 1.165) is 25.7 Å². The third-order valence-electron chi connectivity index (χ3n) is 2.10. The van der Waals surface area contributed by atoms with Gasteiger partial charge in [0.2, 0.25) is 0 Å². The quantitative estimate of drug-likeness (QED) is 0.422. The molecule has 0 unspecified atom stereocenters. The Morgan fingerprint density at radius 3 is 1.60 bits per heavy atom. The molecule has 1 saturated carbocycles. The molecule has 1 aliphatic carbocycles. The lowest BCUT2D eigenvalue weighted by molar-refractivity contribution is 0.0331. The third kappa shape index (κ3) is 1.67. The molecule has 0 aromatic heterocycles. The molecule has 1 rings (SSSR count). The summed E-state index contributed by atoms with van der Waals surface area (Å²) in [5.74, 6) is 0. The van der Waals surface area contributed by atoms with Gasteiger partial charge in [-0.3, -0.25) is 0 Å². The molecule has 4 heteroatoms. The van der Waals surface area contributed by atoms with Crippen molar-refractivity contribution >= 4 is 0 Å². The predicted molar refractivity (Wildman–Crippen MR) is 35.9 cm³/mol. The fraction of sp³-hybridized carbons (Fsp3) is 1.00. The van der Waals surface area contributed by atoms with Gasteiger partial charge < -0.3 is 10.4 Å². The predicted octanol–water partition coefficient (Wildman–Crippen LogP) is 0.255. The molecule has 0 aromatic carbocycles. The standard InChI is InChI=1S/C6H14N2O2/c9-7-5-3-1-2-4-6(5)8-10/h5-10H,1-4H2/t5-,6+. The average Bonchev–Trinajstić information content (AvgIpc) is 2.04. The van der Waals surface area contributed by atoms with Gasteiger partial charge in [0.05, 0.1) is 0 Å². The molecule has 10 heavy (non-hydrogen) atoms. The Kier molecular flexibility index (Phi) is 3.08. The molecule has 0 bridgehead atoms. The summed E-state index contributed by atoms with van der Waals surface area (Å²) in [5.41, 5.74) is 4.36. The fourth-order valence-electron chi connectivity index (χ4n) is 1.44. The maximum atomic E-state index is 8.59. The number of hydroxylamine groups is 2.